The van der Waals surface area contributed by atoms with E-state index in [2.05, 4.69) is 11.9 Å². The molecule has 1 aromatic heterocycles. The standard InChI is InChI=1S/C7H9N3.C2H6/c1-2-3-7-4-10(5-8)6-9-7;1-2/h4,6H,2-3H2,1H3;1-2H3. The van der Waals surface area contributed by atoms with Gasteiger partial charge in [0.15, 0.2) is 6.19 Å². The fraction of sp³-hybridized carbons (Fsp3) is 0.556. The van der Waals surface area contributed by atoms with Gasteiger partial charge < -0.3 is 0 Å². The van der Waals surface area contributed by atoms with Gasteiger partial charge in [-0.2, -0.15) is 5.26 Å². The average Bonchev–Trinajstić information content (AvgIpc) is 2.57. The maximum absolute atomic E-state index is 8.39. The second kappa shape index (κ2) is 6.41. The summed E-state index contributed by atoms with van der Waals surface area (Å²) in [6.45, 7) is 6.09. The lowest BCUT2D eigenvalue weighted by atomic mass is 10.3. The normalized spacial score (nSPS) is 8.17. The lowest BCUT2D eigenvalue weighted by Gasteiger charge is -1.85. The number of nitrogens with zero attached hydrogens (tertiary/aromatic N) is 3. The number of hydrogen-bond acceptors (Lipinski definition) is 2. The Balaban J connectivity index is 0.000000561. The highest BCUT2D eigenvalue weighted by atomic mass is 15.0. The summed E-state index contributed by atoms with van der Waals surface area (Å²) in [5.74, 6) is 0. The van der Waals surface area contributed by atoms with Gasteiger partial charge in [0.05, 0.1) is 5.69 Å². The molecule has 0 unspecified atom stereocenters. The molecule has 1 aromatic rings. The molecule has 0 saturated carbocycles. The molecule has 3 nitrogen and oxygen atoms in total. The zero-order valence-electron chi connectivity index (χ0n) is 7.91. The van der Waals surface area contributed by atoms with E-state index >= 15 is 0 Å². The number of nitriles is 1. The molecule has 0 atom stereocenters. The Hall–Kier alpha value is -1.30. The molecular weight excluding hydrogens is 150 g/mol. The fourth-order valence-electron chi connectivity index (χ4n) is 0.804. The van der Waals surface area contributed by atoms with E-state index in [1.54, 1.807) is 6.20 Å². The maximum atomic E-state index is 8.39. The van der Waals surface area contributed by atoms with Crippen LogP contribution >= 0.6 is 0 Å². The van der Waals surface area contributed by atoms with Crippen molar-refractivity contribution in [2.24, 2.45) is 0 Å². The number of rotatable bonds is 2. The Kier molecular flexibility index (Phi) is 5.72. The quantitative estimate of drug-likeness (QED) is 0.674. The van der Waals surface area contributed by atoms with Crippen LogP contribution in [0.2, 0.25) is 0 Å². The van der Waals surface area contributed by atoms with Crippen molar-refractivity contribution in [3.8, 4) is 6.19 Å². The molecule has 1 heterocycles. The zero-order valence-corrected chi connectivity index (χ0v) is 7.91. The molecule has 0 N–H and O–H groups in total. The van der Waals surface area contributed by atoms with Crippen LogP contribution in [0.3, 0.4) is 0 Å². The summed E-state index contributed by atoms with van der Waals surface area (Å²) in [5.41, 5.74) is 0.990. The second-order valence-electron chi connectivity index (χ2n) is 2.12. The molecule has 0 amide bonds. The molecular formula is C9H15N3. The highest BCUT2D eigenvalue weighted by molar-refractivity contribution is 5.00. The number of aromatic nitrogens is 2. The molecule has 3 heteroatoms. The van der Waals surface area contributed by atoms with Gasteiger partial charge >= 0.3 is 0 Å². The van der Waals surface area contributed by atoms with Gasteiger partial charge in [-0.15, -0.1) is 0 Å². The van der Waals surface area contributed by atoms with Crippen molar-refractivity contribution in [3.05, 3.63) is 18.2 Å². The largest absolute Gasteiger partial charge is 0.243 e. The van der Waals surface area contributed by atoms with Gasteiger partial charge in [0.1, 0.15) is 6.33 Å². The second-order valence-corrected chi connectivity index (χ2v) is 2.12. The maximum Gasteiger partial charge on any atom is 0.189 e. The summed E-state index contributed by atoms with van der Waals surface area (Å²) in [6, 6.07) is 0. The Morgan fingerprint density at radius 2 is 2.25 bits per heavy atom. The van der Waals surface area contributed by atoms with Crippen molar-refractivity contribution < 1.29 is 0 Å². The van der Waals surface area contributed by atoms with Gasteiger partial charge in [0.2, 0.25) is 0 Å². The Morgan fingerprint density at radius 3 is 2.67 bits per heavy atom. The van der Waals surface area contributed by atoms with Gasteiger partial charge in [-0.25, -0.2) is 9.55 Å². The number of imidazole rings is 1. The summed E-state index contributed by atoms with van der Waals surface area (Å²) in [5, 5.41) is 8.39. The first-order valence-electron chi connectivity index (χ1n) is 4.29. The molecule has 0 spiro atoms. The number of hydrogen-bond donors (Lipinski definition) is 0. The van der Waals surface area contributed by atoms with Gasteiger partial charge in [0, 0.05) is 6.20 Å². The van der Waals surface area contributed by atoms with Crippen molar-refractivity contribution in [1.29, 1.82) is 5.26 Å². The first-order chi connectivity index (χ1) is 5.86. The van der Waals surface area contributed by atoms with E-state index in [4.69, 9.17) is 5.26 Å². The minimum Gasteiger partial charge on any atom is -0.243 e. The Labute approximate surface area is 73.7 Å². The van der Waals surface area contributed by atoms with Crippen LogP contribution in [0.5, 0.6) is 0 Å². The van der Waals surface area contributed by atoms with Gasteiger partial charge in [-0.1, -0.05) is 27.2 Å². The lowest BCUT2D eigenvalue weighted by Crippen LogP contribution is -1.81. The van der Waals surface area contributed by atoms with Crippen LogP contribution in [0.25, 0.3) is 0 Å². The zero-order chi connectivity index (χ0) is 9.40. The summed E-state index contributed by atoms with van der Waals surface area (Å²) in [6.07, 6.45) is 7.27. The van der Waals surface area contributed by atoms with Crippen molar-refractivity contribution in [2.75, 3.05) is 0 Å². The lowest BCUT2D eigenvalue weighted by molar-refractivity contribution is 0.891. The predicted octanol–water partition coefficient (Wildman–Crippen LogP) is 2.19. The first-order valence-corrected chi connectivity index (χ1v) is 4.29. The van der Waals surface area contributed by atoms with E-state index in [0.717, 1.165) is 18.5 Å². The molecule has 1 rings (SSSR count). The monoisotopic (exact) mass is 165 g/mol. The topological polar surface area (TPSA) is 41.6 Å². The van der Waals surface area contributed by atoms with Crippen molar-refractivity contribution in [2.45, 2.75) is 33.6 Å². The molecule has 0 bridgehead atoms. The molecule has 0 aliphatic rings. The van der Waals surface area contributed by atoms with Crippen molar-refractivity contribution >= 4 is 0 Å². The Bertz CT molecular complexity index is 245. The molecule has 0 saturated heterocycles. The van der Waals surface area contributed by atoms with Crippen LogP contribution in [0.4, 0.5) is 0 Å². The van der Waals surface area contributed by atoms with Crippen molar-refractivity contribution in [3.63, 3.8) is 0 Å². The smallest absolute Gasteiger partial charge is 0.189 e. The van der Waals surface area contributed by atoms with E-state index in [1.807, 2.05) is 20.0 Å². The molecule has 66 valence electrons. The molecule has 0 radical (unpaired) electrons. The van der Waals surface area contributed by atoms with Crippen LogP contribution in [0, 0.1) is 11.5 Å². The third kappa shape index (κ3) is 3.20. The van der Waals surface area contributed by atoms with Crippen LogP contribution in [0.1, 0.15) is 32.9 Å². The molecule has 0 aliphatic heterocycles. The minimum absolute atomic E-state index is 0.953. The predicted molar refractivity (Wildman–Crippen MR) is 48.6 cm³/mol. The number of aryl methyl sites for hydroxylation is 1. The highest BCUT2D eigenvalue weighted by Gasteiger charge is 1.94. The third-order valence-electron chi connectivity index (χ3n) is 1.26. The van der Waals surface area contributed by atoms with Crippen LogP contribution in [-0.2, 0) is 6.42 Å². The Morgan fingerprint density at radius 1 is 1.58 bits per heavy atom. The van der Waals surface area contributed by atoms with Crippen LogP contribution in [-0.4, -0.2) is 9.55 Å². The first kappa shape index (κ1) is 10.7. The minimum atomic E-state index is 0.953. The average molecular weight is 165 g/mol. The van der Waals surface area contributed by atoms with E-state index in [0.29, 0.717) is 0 Å². The van der Waals surface area contributed by atoms with E-state index in [9.17, 15) is 0 Å². The fourth-order valence-corrected chi connectivity index (χ4v) is 0.804. The van der Waals surface area contributed by atoms with Crippen molar-refractivity contribution in [1.82, 2.24) is 9.55 Å². The van der Waals surface area contributed by atoms with Gasteiger partial charge in [-0.3, -0.25) is 0 Å². The summed E-state index contributed by atoms with van der Waals surface area (Å²) in [4.78, 5) is 4.02. The van der Waals surface area contributed by atoms with Crippen LogP contribution in [0.15, 0.2) is 12.5 Å². The third-order valence-corrected chi connectivity index (χ3v) is 1.26. The molecule has 0 aromatic carbocycles. The molecule has 12 heavy (non-hydrogen) atoms. The highest BCUT2D eigenvalue weighted by Crippen LogP contribution is 1.97. The summed E-state index contributed by atoms with van der Waals surface area (Å²) < 4.78 is 1.41. The molecule has 0 fully saturated rings. The summed E-state index contributed by atoms with van der Waals surface area (Å²) >= 11 is 0. The SMILES string of the molecule is CC.CCCc1cn(C#N)cn1. The van der Waals surface area contributed by atoms with E-state index in [-0.39, 0.29) is 0 Å². The van der Waals surface area contributed by atoms with E-state index in [1.165, 1.54) is 10.9 Å². The van der Waals surface area contributed by atoms with Gasteiger partial charge in [0.25, 0.3) is 0 Å². The van der Waals surface area contributed by atoms with Crippen LogP contribution < -0.4 is 0 Å². The molecule has 0 aliphatic carbocycles. The van der Waals surface area contributed by atoms with E-state index < -0.39 is 0 Å². The summed E-state index contributed by atoms with van der Waals surface area (Å²) in [7, 11) is 0. The van der Waals surface area contributed by atoms with Gasteiger partial charge in [-0.05, 0) is 6.42 Å².